The van der Waals surface area contributed by atoms with Gasteiger partial charge >= 0.3 is 0 Å². The van der Waals surface area contributed by atoms with Crippen molar-refractivity contribution in [2.24, 2.45) is 0 Å². The van der Waals surface area contributed by atoms with Crippen LogP contribution in [0.1, 0.15) is 28.2 Å². The highest BCUT2D eigenvalue weighted by atomic mass is 32.1. The van der Waals surface area contributed by atoms with Crippen LogP contribution in [0.15, 0.2) is 48.0 Å². The fourth-order valence-electron chi connectivity index (χ4n) is 2.18. The minimum atomic E-state index is -0.319. The van der Waals surface area contributed by atoms with Crippen molar-refractivity contribution in [3.05, 3.63) is 64.2 Å². The molecule has 0 saturated heterocycles. The highest BCUT2D eigenvalue weighted by Gasteiger charge is 2.18. The number of hydrogen-bond acceptors (Lipinski definition) is 3. The third-order valence-electron chi connectivity index (χ3n) is 3.33. The second kappa shape index (κ2) is 6.11. The largest absolute Gasteiger partial charge is 0.345 e. The van der Waals surface area contributed by atoms with E-state index in [1.807, 2.05) is 24.4 Å². The lowest BCUT2D eigenvalue weighted by Gasteiger charge is -2.12. The number of hydrogen-bond donors (Lipinski definition) is 2. The van der Waals surface area contributed by atoms with Gasteiger partial charge in [-0.2, -0.15) is 5.10 Å². The Kier molecular flexibility index (Phi) is 4.02. The lowest BCUT2D eigenvalue weighted by Crippen LogP contribution is -2.26. The van der Waals surface area contributed by atoms with Crippen molar-refractivity contribution in [1.29, 1.82) is 0 Å². The molecule has 4 nitrogen and oxygen atoms in total. The highest BCUT2D eigenvalue weighted by Crippen LogP contribution is 2.23. The number of nitrogens with one attached hydrogen (secondary N) is 2. The van der Waals surface area contributed by atoms with Gasteiger partial charge in [0.2, 0.25) is 0 Å². The monoisotopic (exact) mass is 315 g/mol. The zero-order valence-corrected chi connectivity index (χ0v) is 12.7. The van der Waals surface area contributed by atoms with E-state index in [2.05, 4.69) is 15.5 Å². The SMILES string of the molecule is C[C@H](NC(=O)c1cn[nH]c1-c1ccc(F)cc1)c1cccs1. The van der Waals surface area contributed by atoms with Crippen molar-refractivity contribution in [1.82, 2.24) is 15.5 Å². The number of H-pyrrole nitrogens is 1. The Morgan fingerprint density at radius 2 is 2.09 bits per heavy atom. The summed E-state index contributed by atoms with van der Waals surface area (Å²) >= 11 is 1.59. The van der Waals surface area contributed by atoms with Gasteiger partial charge in [0.05, 0.1) is 23.5 Å². The number of aromatic amines is 1. The number of amides is 1. The lowest BCUT2D eigenvalue weighted by atomic mass is 10.1. The molecule has 0 fully saturated rings. The molecule has 0 aliphatic rings. The minimum absolute atomic E-state index is 0.0801. The molecule has 2 heterocycles. The van der Waals surface area contributed by atoms with E-state index in [1.54, 1.807) is 23.5 Å². The predicted molar refractivity (Wildman–Crippen MR) is 84.2 cm³/mol. The van der Waals surface area contributed by atoms with E-state index in [0.717, 1.165) is 4.88 Å². The molecule has 2 N–H and O–H groups in total. The minimum Gasteiger partial charge on any atom is -0.345 e. The summed E-state index contributed by atoms with van der Waals surface area (Å²) in [7, 11) is 0. The smallest absolute Gasteiger partial charge is 0.255 e. The molecule has 0 aliphatic carbocycles. The molecule has 3 aromatic rings. The van der Waals surface area contributed by atoms with Crippen molar-refractivity contribution in [3.63, 3.8) is 0 Å². The van der Waals surface area contributed by atoms with E-state index in [9.17, 15) is 9.18 Å². The molecule has 0 unspecified atom stereocenters. The highest BCUT2D eigenvalue weighted by molar-refractivity contribution is 7.10. The third-order valence-corrected chi connectivity index (χ3v) is 4.39. The van der Waals surface area contributed by atoms with E-state index in [-0.39, 0.29) is 17.8 Å². The zero-order valence-electron chi connectivity index (χ0n) is 11.8. The zero-order chi connectivity index (χ0) is 15.5. The Balaban J connectivity index is 1.82. The van der Waals surface area contributed by atoms with Gasteiger partial charge in [0.15, 0.2) is 0 Å². The van der Waals surface area contributed by atoms with Gasteiger partial charge in [-0.1, -0.05) is 6.07 Å². The summed E-state index contributed by atoms with van der Waals surface area (Å²) < 4.78 is 13.0. The first kappa shape index (κ1) is 14.5. The Hall–Kier alpha value is -2.47. The fourth-order valence-corrected chi connectivity index (χ4v) is 2.91. The van der Waals surface area contributed by atoms with E-state index < -0.39 is 0 Å². The van der Waals surface area contributed by atoms with Crippen LogP contribution in [-0.2, 0) is 0 Å². The van der Waals surface area contributed by atoms with Crippen LogP contribution in [0.2, 0.25) is 0 Å². The summed E-state index contributed by atoms with van der Waals surface area (Å²) in [6.07, 6.45) is 1.48. The van der Waals surface area contributed by atoms with Crippen LogP contribution in [0.5, 0.6) is 0 Å². The number of nitrogens with zero attached hydrogens (tertiary/aromatic N) is 1. The van der Waals surface area contributed by atoms with Gasteiger partial charge < -0.3 is 5.32 Å². The molecule has 0 spiro atoms. The van der Waals surface area contributed by atoms with Crippen LogP contribution in [0.25, 0.3) is 11.3 Å². The number of aromatic nitrogens is 2. The Labute approximate surface area is 131 Å². The molecule has 1 atom stereocenters. The molecule has 0 aliphatic heterocycles. The van der Waals surface area contributed by atoms with Gasteiger partial charge in [0.25, 0.3) is 5.91 Å². The first-order chi connectivity index (χ1) is 10.6. The number of halogens is 1. The molecule has 0 radical (unpaired) electrons. The summed E-state index contributed by atoms with van der Waals surface area (Å²) in [5, 5.41) is 11.7. The molecule has 3 rings (SSSR count). The van der Waals surface area contributed by atoms with Crippen LogP contribution < -0.4 is 5.32 Å². The van der Waals surface area contributed by atoms with Gasteiger partial charge in [0.1, 0.15) is 5.82 Å². The predicted octanol–water partition coefficient (Wildman–Crippen LogP) is 3.77. The third kappa shape index (κ3) is 2.92. The molecular weight excluding hydrogens is 301 g/mol. The number of rotatable bonds is 4. The molecule has 1 aromatic carbocycles. The fraction of sp³-hybridized carbons (Fsp3) is 0.125. The van der Waals surface area contributed by atoms with Crippen molar-refractivity contribution >= 4 is 17.2 Å². The van der Waals surface area contributed by atoms with Crippen LogP contribution in [0, 0.1) is 5.82 Å². The molecule has 0 saturated carbocycles. The maximum absolute atomic E-state index is 13.0. The van der Waals surface area contributed by atoms with Crippen molar-refractivity contribution < 1.29 is 9.18 Å². The molecule has 1 amide bonds. The normalized spacial score (nSPS) is 12.1. The number of benzene rings is 1. The number of thiophene rings is 1. The topological polar surface area (TPSA) is 57.8 Å². The van der Waals surface area contributed by atoms with Gasteiger partial charge in [-0.3, -0.25) is 9.89 Å². The maximum atomic E-state index is 13.0. The molecular formula is C16H14FN3OS. The average Bonchev–Trinajstić information content (AvgIpc) is 3.19. The van der Waals surface area contributed by atoms with E-state index >= 15 is 0 Å². The lowest BCUT2D eigenvalue weighted by molar-refractivity contribution is 0.0941. The van der Waals surface area contributed by atoms with Crippen molar-refractivity contribution in [3.8, 4) is 11.3 Å². The van der Waals surface area contributed by atoms with E-state index in [4.69, 9.17) is 0 Å². The standard InChI is InChI=1S/C16H14FN3OS/c1-10(14-3-2-8-22-14)19-16(21)13-9-18-20-15(13)11-4-6-12(17)7-5-11/h2-10H,1H3,(H,18,20)(H,19,21)/t10-/m0/s1. The molecule has 6 heteroatoms. The second-order valence-corrected chi connectivity index (χ2v) is 5.86. The summed E-state index contributed by atoms with van der Waals surface area (Å²) in [5.74, 6) is -0.533. The first-order valence-corrected chi connectivity index (χ1v) is 7.66. The Morgan fingerprint density at radius 3 is 2.77 bits per heavy atom. The van der Waals surface area contributed by atoms with Crippen molar-refractivity contribution in [2.75, 3.05) is 0 Å². The molecule has 112 valence electrons. The summed E-state index contributed by atoms with van der Waals surface area (Å²) in [6, 6.07) is 9.78. The summed E-state index contributed by atoms with van der Waals surface area (Å²) in [5.41, 5.74) is 1.73. The van der Waals surface area contributed by atoms with Crippen LogP contribution in [-0.4, -0.2) is 16.1 Å². The molecule has 2 aromatic heterocycles. The Morgan fingerprint density at radius 1 is 1.32 bits per heavy atom. The number of carbonyl (C=O) groups is 1. The average molecular weight is 315 g/mol. The first-order valence-electron chi connectivity index (χ1n) is 6.78. The van der Waals surface area contributed by atoms with Gasteiger partial charge in [-0.25, -0.2) is 4.39 Å². The quantitative estimate of drug-likeness (QED) is 0.770. The molecule has 0 bridgehead atoms. The Bertz CT molecular complexity index is 765. The van der Waals surface area contributed by atoms with Crippen LogP contribution in [0.4, 0.5) is 4.39 Å². The maximum Gasteiger partial charge on any atom is 0.255 e. The van der Waals surface area contributed by atoms with Crippen molar-refractivity contribution in [2.45, 2.75) is 13.0 Å². The van der Waals surface area contributed by atoms with E-state index in [1.165, 1.54) is 18.3 Å². The van der Waals surface area contributed by atoms with Gasteiger partial charge in [0, 0.05) is 10.4 Å². The van der Waals surface area contributed by atoms with Crippen LogP contribution >= 0.6 is 11.3 Å². The van der Waals surface area contributed by atoms with Gasteiger partial charge in [-0.15, -0.1) is 11.3 Å². The van der Waals surface area contributed by atoms with E-state index in [0.29, 0.717) is 16.8 Å². The number of carbonyl (C=O) groups excluding carboxylic acids is 1. The summed E-state index contributed by atoms with van der Waals surface area (Å²) in [4.78, 5) is 13.5. The molecule has 22 heavy (non-hydrogen) atoms. The van der Waals surface area contributed by atoms with Gasteiger partial charge in [-0.05, 0) is 42.6 Å². The summed E-state index contributed by atoms with van der Waals surface area (Å²) in [6.45, 7) is 1.93. The van der Waals surface area contributed by atoms with Crippen LogP contribution in [0.3, 0.4) is 0 Å². The second-order valence-electron chi connectivity index (χ2n) is 4.88.